The molecule has 1 aromatic rings. The number of benzene rings is 1. The van der Waals surface area contributed by atoms with Gasteiger partial charge < -0.3 is 10.4 Å². The summed E-state index contributed by atoms with van der Waals surface area (Å²) in [5, 5.41) is 11.4. The lowest BCUT2D eigenvalue weighted by atomic mass is 10.0. The van der Waals surface area contributed by atoms with Crippen molar-refractivity contribution in [3.05, 3.63) is 35.4 Å². The minimum atomic E-state index is -0.768. The lowest BCUT2D eigenvalue weighted by Gasteiger charge is -2.11. The molecule has 0 bridgehead atoms. The standard InChI is InChI=1S/C15H21NO3/c1-11(6-7-14(17)18)8-9-16-15(19)13-5-3-4-12(2)10-13/h3-5,10-11H,6-9H2,1-2H3,(H,16,19)(H,17,18). The molecule has 0 radical (unpaired) electrons. The van der Waals surface area contributed by atoms with Crippen molar-refractivity contribution in [1.29, 1.82) is 0 Å². The number of aliphatic carboxylic acids is 1. The second kappa shape index (κ2) is 7.56. The molecule has 0 aromatic heterocycles. The monoisotopic (exact) mass is 263 g/mol. The minimum Gasteiger partial charge on any atom is -0.481 e. The zero-order valence-electron chi connectivity index (χ0n) is 11.5. The Morgan fingerprint density at radius 3 is 2.68 bits per heavy atom. The van der Waals surface area contributed by atoms with Gasteiger partial charge in [0.15, 0.2) is 0 Å². The van der Waals surface area contributed by atoms with Gasteiger partial charge >= 0.3 is 5.97 Å². The summed E-state index contributed by atoms with van der Waals surface area (Å²) in [6, 6.07) is 7.45. The molecule has 0 aliphatic rings. The maximum absolute atomic E-state index is 11.8. The Kier molecular flexibility index (Phi) is 6.06. The number of hydrogen-bond acceptors (Lipinski definition) is 2. The third-order valence-electron chi connectivity index (χ3n) is 3.05. The highest BCUT2D eigenvalue weighted by Crippen LogP contribution is 2.09. The highest BCUT2D eigenvalue weighted by Gasteiger charge is 2.08. The highest BCUT2D eigenvalue weighted by atomic mass is 16.4. The Hall–Kier alpha value is -1.84. The van der Waals surface area contributed by atoms with Crippen LogP contribution < -0.4 is 5.32 Å². The minimum absolute atomic E-state index is 0.0749. The maximum Gasteiger partial charge on any atom is 0.303 e. The number of carboxylic acids is 1. The fourth-order valence-electron chi connectivity index (χ4n) is 1.83. The van der Waals surface area contributed by atoms with E-state index in [-0.39, 0.29) is 12.3 Å². The van der Waals surface area contributed by atoms with Crippen LogP contribution in [0.2, 0.25) is 0 Å². The molecule has 1 amide bonds. The molecule has 0 saturated carbocycles. The first-order valence-corrected chi connectivity index (χ1v) is 6.55. The predicted molar refractivity (Wildman–Crippen MR) is 74.2 cm³/mol. The van der Waals surface area contributed by atoms with Gasteiger partial charge in [0.2, 0.25) is 0 Å². The van der Waals surface area contributed by atoms with E-state index in [1.165, 1.54) is 0 Å². The van der Waals surface area contributed by atoms with Gasteiger partial charge in [-0.1, -0.05) is 24.6 Å². The SMILES string of the molecule is Cc1cccc(C(=O)NCCC(C)CCC(=O)O)c1. The van der Waals surface area contributed by atoms with Crippen LogP contribution in [0.25, 0.3) is 0 Å². The van der Waals surface area contributed by atoms with Crippen LogP contribution in [-0.2, 0) is 4.79 Å². The normalized spacial score (nSPS) is 11.9. The van der Waals surface area contributed by atoms with E-state index in [2.05, 4.69) is 5.32 Å². The van der Waals surface area contributed by atoms with Gasteiger partial charge in [0, 0.05) is 18.5 Å². The molecule has 19 heavy (non-hydrogen) atoms. The third-order valence-corrected chi connectivity index (χ3v) is 3.05. The van der Waals surface area contributed by atoms with Crippen LogP contribution in [0.3, 0.4) is 0 Å². The summed E-state index contributed by atoms with van der Waals surface area (Å²) in [4.78, 5) is 22.3. The van der Waals surface area contributed by atoms with Crippen molar-refractivity contribution in [2.75, 3.05) is 6.54 Å². The van der Waals surface area contributed by atoms with Crippen molar-refractivity contribution < 1.29 is 14.7 Å². The van der Waals surface area contributed by atoms with E-state index in [0.29, 0.717) is 24.4 Å². The van der Waals surface area contributed by atoms with Crippen LogP contribution in [0.4, 0.5) is 0 Å². The first-order valence-electron chi connectivity index (χ1n) is 6.55. The maximum atomic E-state index is 11.8. The van der Waals surface area contributed by atoms with Gasteiger partial charge in [-0.2, -0.15) is 0 Å². The van der Waals surface area contributed by atoms with E-state index in [1.54, 1.807) is 6.07 Å². The van der Waals surface area contributed by atoms with Crippen LogP contribution in [0.15, 0.2) is 24.3 Å². The summed E-state index contributed by atoms with van der Waals surface area (Å²) < 4.78 is 0. The Bertz CT molecular complexity index is 443. The quantitative estimate of drug-likeness (QED) is 0.794. The number of carboxylic acid groups (broad SMARTS) is 1. The van der Waals surface area contributed by atoms with Gasteiger partial charge in [0.05, 0.1) is 0 Å². The third kappa shape index (κ3) is 6.04. The predicted octanol–water partition coefficient (Wildman–Crippen LogP) is 2.62. The molecule has 0 saturated heterocycles. The fraction of sp³-hybridized carbons (Fsp3) is 0.467. The molecule has 0 aliphatic carbocycles. The molecule has 1 unspecified atom stereocenters. The first-order chi connectivity index (χ1) is 8.99. The number of carbonyl (C=O) groups excluding carboxylic acids is 1. The van der Waals surface area contributed by atoms with E-state index in [9.17, 15) is 9.59 Å². The van der Waals surface area contributed by atoms with Gasteiger partial charge in [-0.15, -0.1) is 0 Å². The Morgan fingerprint density at radius 1 is 1.32 bits per heavy atom. The summed E-state index contributed by atoms with van der Waals surface area (Å²) in [6.45, 7) is 4.53. The summed E-state index contributed by atoms with van der Waals surface area (Å²) in [5.41, 5.74) is 1.72. The second-order valence-electron chi connectivity index (χ2n) is 4.95. The molecule has 1 rings (SSSR count). The second-order valence-corrected chi connectivity index (χ2v) is 4.95. The van der Waals surface area contributed by atoms with E-state index < -0.39 is 5.97 Å². The molecular weight excluding hydrogens is 242 g/mol. The summed E-state index contributed by atoms with van der Waals surface area (Å²) in [7, 11) is 0. The van der Waals surface area contributed by atoms with E-state index >= 15 is 0 Å². The number of aryl methyl sites for hydroxylation is 1. The van der Waals surface area contributed by atoms with Gasteiger partial charge in [0.25, 0.3) is 5.91 Å². The summed E-state index contributed by atoms with van der Waals surface area (Å²) >= 11 is 0. The van der Waals surface area contributed by atoms with Crippen molar-refractivity contribution in [3.63, 3.8) is 0 Å². The van der Waals surface area contributed by atoms with Crippen LogP contribution in [0.1, 0.15) is 42.1 Å². The number of amides is 1. The van der Waals surface area contributed by atoms with E-state index in [0.717, 1.165) is 12.0 Å². The Balaban J connectivity index is 2.29. The lowest BCUT2D eigenvalue weighted by molar-refractivity contribution is -0.137. The van der Waals surface area contributed by atoms with Crippen molar-refractivity contribution >= 4 is 11.9 Å². The van der Waals surface area contributed by atoms with Crippen LogP contribution in [0.5, 0.6) is 0 Å². The largest absolute Gasteiger partial charge is 0.481 e. The molecule has 0 aliphatic heterocycles. The van der Waals surface area contributed by atoms with Crippen molar-refractivity contribution in [1.82, 2.24) is 5.32 Å². The molecule has 2 N–H and O–H groups in total. The number of rotatable bonds is 7. The lowest BCUT2D eigenvalue weighted by Crippen LogP contribution is -2.25. The average Bonchev–Trinajstić information content (AvgIpc) is 2.36. The molecule has 0 heterocycles. The van der Waals surface area contributed by atoms with Crippen molar-refractivity contribution in [2.45, 2.75) is 33.1 Å². The van der Waals surface area contributed by atoms with Crippen LogP contribution in [0, 0.1) is 12.8 Å². The van der Waals surface area contributed by atoms with Gasteiger partial charge in [-0.25, -0.2) is 0 Å². The molecule has 0 spiro atoms. The van der Waals surface area contributed by atoms with Gasteiger partial charge in [-0.3, -0.25) is 9.59 Å². The smallest absolute Gasteiger partial charge is 0.303 e. The van der Waals surface area contributed by atoms with Gasteiger partial charge in [-0.05, 0) is 37.8 Å². The zero-order valence-corrected chi connectivity index (χ0v) is 11.5. The van der Waals surface area contributed by atoms with E-state index in [1.807, 2.05) is 32.0 Å². The molecule has 104 valence electrons. The molecule has 1 aromatic carbocycles. The Labute approximate surface area is 113 Å². The number of hydrogen-bond donors (Lipinski definition) is 2. The van der Waals surface area contributed by atoms with Crippen molar-refractivity contribution in [2.24, 2.45) is 5.92 Å². The molecule has 0 fully saturated rings. The summed E-state index contributed by atoms with van der Waals surface area (Å²) in [5.74, 6) is -0.543. The fourth-order valence-corrected chi connectivity index (χ4v) is 1.83. The van der Waals surface area contributed by atoms with Crippen LogP contribution in [-0.4, -0.2) is 23.5 Å². The summed E-state index contributed by atoms with van der Waals surface area (Å²) in [6.07, 6.45) is 1.63. The molecule has 4 nitrogen and oxygen atoms in total. The number of carbonyl (C=O) groups is 2. The number of nitrogens with one attached hydrogen (secondary N) is 1. The zero-order chi connectivity index (χ0) is 14.3. The Morgan fingerprint density at radius 2 is 2.05 bits per heavy atom. The molecule has 4 heteroatoms. The first kappa shape index (κ1) is 15.2. The topological polar surface area (TPSA) is 66.4 Å². The van der Waals surface area contributed by atoms with Crippen LogP contribution >= 0.6 is 0 Å². The van der Waals surface area contributed by atoms with E-state index in [4.69, 9.17) is 5.11 Å². The molecular formula is C15H21NO3. The van der Waals surface area contributed by atoms with Crippen molar-refractivity contribution in [3.8, 4) is 0 Å². The average molecular weight is 263 g/mol. The van der Waals surface area contributed by atoms with Gasteiger partial charge in [0.1, 0.15) is 0 Å². The molecule has 1 atom stereocenters. The highest BCUT2D eigenvalue weighted by molar-refractivity contribution is 5.94.